The molecule has 1 aliphatic heterocycles. The molecule has 2 aliphatic rings. The summed E-state index contributed by atoms with van der Waals surface area (Å²) in [4.78, 5) is 12.4. The zero-order chi connectivity index (χ0) is 11.7. The molecule has 1 saturated heterocycles. The van der Waals surface area contributed by atoms with Gasteiger partial charge in [-0.05, 0) is 32.1 Å². The van der Waals surface area contributed by atoms with Crippen LogP contribution in [0.2, 0.25) is 0 Å². The van der Waals surface area contributed by atoms with Gasteiger partial charge in [0.25, 0.3) is 0 Å². The molecule has 3 atom stereocenters. The number of nitrogens with one attached hydrogen (secondary N) is 1. The average molecular weight is 242 g/mol. The molecular weight excluding hydrogens is 224 g/mol. The highest BCUT2D eigenvalue weighted by atomic mass is 32.1. The molecule has 90 valence electrons. The number of nitrogens with two attached hydrogens (primary N) is 1. The van der Waals surface area contributed by atoms with Crippen molar-refractivity contribution < 1.29 is 9.53 Å². The van der Waals surface area contributed by atoms with Crippen LogP contribution in [-0.4, -0.2) is 29.6 Å². The lowest BCUT2D eigenvalue weighted by Gasteiger charge is -2.20. The second-order valence-electron chi connectivity index (χ2n) is 4.70. The highest BCUT2D eigenvalue weighted by Gasteiger charge is 2.37. The number of hydrogen-bond acceptors (Lipinski definition) is 3. The van der Waals surface area contributed by atoms with Gasteiger partial charge in [0.15, 0.2) is 0 Å². The fraction of sp³-hybridized carbons (Fsp3) is 0.818. The minimum absolute atomic E-state index is 0.00574. The molecule has 3 N–H and O–H groups in total. The van der Waals surface area contributed by atoms with Crippen molar-refractivity contribution in [2.24, 2.45) is 17.6 Å². The standard InChI is InChI=1S/C11H18N2O2S/c1-6-8(4-5-15-6)11(14)13-9(10(12)16)7-2-3-7/h6-9H,2-5H2,1H3,(H2,12,16)(H,13,14). The third-order valence-corrected chi connectivity index (χ3v) is 3.66. The number of carbonyl (C=O) groups is 1. The predicted molar refractivity (Wildman–Crippen MR) is 65.0 cm³/mol. The summed E-state index contributed by atoms with van der Waals surface area (Å²) in [6, 6.07) is -0.115. The highest BCUT2D eigenvalue weighted by Crippen LogP contribution is 2.33. The fourth-order valence-electron chi connectivity index (χ4n) is 2.19. The van der Waals surface area contributed by atoms with Gasteiger partial charge in [-0.15, -0.1) is 0 Å². The van der Waals surface area contributed by atoms with Crippen LogP contribution in [0.25, 0.3) is 0 Å². The van der Waals surface area contributed by atoms with Crippen LogP contribution >= 0.6 is 12.2 Å². The van der Waals surface area contributed by atoms with Crippen LogP contribution in [0.3, 0.4) is 0 Å². The maximum absolute atomic E-state index is 12.0. The van der Waals surface area contributed by atoms with Gasteiger partial charge in [-0.1, -0.05) is 12.2 Å². The maximum Gasteiger partial charge on any atom is 0.226 e. The molecule has 3 unspecified atom stereocenters. The van der Waals surface area contributed by atoms with E-state index in [0.29, 0.717) is 17.5 Å². The summed E-state index contributed by atoms with van der Waals surface area (Å²) in [5.41, 5.74) is 5.64. The Morgan fingerprint density at radius 1 is 1.50 bits per heavy atom. The summed E-state index contributed by atoms with van der Waals surface area (Å²) < 4.78 is 5.38. The van der Waals surface area contributed by atoms with Crippen molar-refractivity contribution in [3.05, 3.63) is 0 Å². The minimum Gasteiger partial charge on any atom is -0.392 e. The second kappa shape index (κ2) is 4.67. The van der Waals surface area contributed by atoms with Gasteiger partial charge in [0, 0.05) is 6.61 Å². The molecule has 1 heterocycles. The molecule has 1 aliphatic carbocycles. The summed E-state index contributed by atoms with van der Waals surface area (Å²) in [6.07, 6.45) is 3.02. The Balaban J connectivity index is 1.92. The van der Waals surface area contributed by atoms with E-state index >= 15 is 0 Å². The molecule has 0 aromatic heterocycles. The van der Waals surface area contributed by atoms with Gasteiger partial charge in [-0.3, -0.25) is 4.79 Å². The largest absolute Gasteiger partial charge is 0.392 e. The Morgan fingerprint density at radius 2 is 2.19 bits per heavy atom. The van der Waals surface area contributed by atoms with Crippen molar-refractivity contribution in [1.29, 1.82) is 0 Å². The van der Waals surface area contributed by atoms with E-state index in [2.05, 4.69) is 5.32 Å². The van der Waals surface area contributed by atoms with E-state index in [1.54, 1.807) is 0 Å². The van der Waals surface area contributed by atoms with Gasteiger partial charge in [0.05, 0.1) is 23.1 Å². The molecule has 0 spiro atoms. The second-order valence-corrected chi connectivity index (χ2v) is 5.17. The normalized spacial score (nSPS) is 31.1. The van der Waals surface area contributed by atoms with Crippen LogP contribution in [0.5, 0.6) is 0 Å². The number of thiocarbonyl (C=S) groups is 1. The molecule has 16 heavy (non-hydrogen) atoms. The van der Waals surface area contributed by atoms with E-state index in [1.807, 2.05) is 6.92 Å². The zero-order valence-electron chi connectivity index (χ0n) is 9.44. The van der Waals surface area contributed by atoms with Gasteiger partial charge in [-0.2, -0.15) is 0 Å². The highest BCUT2D eigenvalue weighted by molar-refractivity contribution is 7.80. The predicted octanol–water partition coefficient (Wildman–Crippen LogP) is 0.592. The van der Waals surface area contributed by atoms with E-state index in [1.165, 1.54) is 0 Å². The van der Waals surface area contributed by atoms with Gasteiger partial charge in [0.2, 0.25) is 5.91 Å². The Morgan fingerprint density at radius 3 is 2.62 bits per heavy atom. The quantitative estimate of drug-likeness (QED) is 0.708. The smallest absolute Gasteiger partial charge is 0.226 e. The van der Waals surface area contributed by atoms with Gasteiger partial charge >= 0.3 is 0 Å². The lowest BCUT2D eigenvalue weighted by Crippen LogP contribution is -2.48. The summed E-state index contributed by atoms with van der Waals surface area (Å²) in [5.74, 6) is 0.448. The van der Waals surface area contributed by atoms with E-state index in [0.717, 1.165) is 19.3 Å². The van der Waals surface area contributed by atoms with Gasteiger partial charge < -0.3 is 15.8 Å². The van der Waals surface area contributed by atoms with Crippen molar-refractivity contribution >= 4 is 23.1 Å². The van der Waals surface area contributed by atoms with Crippen LogP contribution < -0.4 is 11.1 Å². The van der Waals surface area contributed by atoms with E-state index in [-0.39, 0.29) is 24.0 Å². The van der Waals surface area contributed by atoms with Crippen LogP contribution in [0.4, 0.5) is 0 Å². The zero-order valence-corrected chi connectivity index (χ0v) is 10.3. The fourth-order valence-corrected chi connectivity index (χ4v) is 2.44. The molecule has 0 bridgehead atoms. The number of carbonyl (C=O) groups excluding carboxylic acids is 1. The maximum atomic E-state index is 12.0. The molecule has 5 heteroatoms. The first kappa shape index (κ1) is 11.8. The summed E-state index contributed by atoms with van der Waals surface area (Å²) in [7, 11) is 0. The molecule has 1 saturated carbocycles. The lowest BCUT2D eigenvalue weighted by molar-refractivity contribution is -0.126. The molecule has 2 fully saturated rings. The Labute approximate surface area is 101 Å². The Hall–Kier alpha value is -0.680. The third kappa shape index (κ3) is 2.52. The van der Waals surface area contributed by atoms with Crippen LogP contribution in [0.1, 0.15) is 26.2 Å². The summed E-state index contributed by atoms with van der Waals surface area (Å²) in [6.45, 7) is 2.60. The van der Waals surface area contributed by atoms with Crippen molar-refractivity contribution in [2.75, 3.05) is 6.61 Å². The SMILES string of the molecule is CC1OCCC1C(=O)NC(C(N)=S)C1CC1. The first-order valence-corrected chi connectivity index (χ1v) is 6.21. The number of hydrogen-bond donors (Lipinski definition) is 2. The molecule has 0 aromatic carbocycles. The van der Waals surface area contributed by atoms with Crippen LogP contribution in [0, 0.1) is 11.8 Å². The van der Waals surface area contributed by atoms with Crippen molar-refractivity contribution in [3.8, 4) is 0 Å². The third-order valence-electron chi connectivity index (χ3n) is 3.41. The van der Waals surface area contributed by atoms with Gasteiger partial charge in [0.1, 0.15) is 0 Å². The first-order valence-electron chi connectivity index (χ1n) is 5.81. The van der Waals surface area contributed by atoms with E-state index in [4.69, 9.17) is 22.7 Å². The first-order chi connectivity index (χ1) is 7.59. The lowest BCUT2D eigenvalue weighted by atomic mass is 10.0. The molecular formula is C11H18N2O2S. The summed E-state index contributed by atoms with van der Waals surface area (Å²) >= 11 is 4.99. The van der Waals surface area contributed by atoms with Gasteiger partial charge in [-0.25, -0.2) is 0 Å². The molecule has 0 radical (unpaired) electrons. The number of amides is 1. The Kier molecular flexibility index (Phi) is 3.44. The van der Waals surface area contributed by atoms with E-state index < -0.39 is 0 Å². The van der Waals surface area contributed by atoms with Crippen LogP contribution in [0.15, 0.2) is 0 Å². The topological polar surface area (TPSA) is 64.3 Å². The van der Waals surface area contributed by atoms with Crippen LogP contribution in [-0.2, 0) is 9.53 Å². The van der Waals surface area contributed by atoms with E-state index in [9.17, 15) is 4.79 Å². The summed E-state index contributed by atoms with van der Waals surface area (Å²) in [5, 5.41) is 2.97. The van der Waals surface area contributed by atoms with Crippen molar-refractivity contribution in [1.82, 2.24) is 5.32 Å². The number of ether oxygens (including phenoxy) is 1. The van der Waals surface area contributed by atoms with Crippen molar-refractivity contribution in [2.45, 2.75) is 38.3 Å². The molecule has 0 aromatic rings. The Bertz CT molecular complexity index is 304. The molecule has 1 amide bonds. The monoisotopic (exact) mass is 242 g/mol. The average Bonchev–Trinajstić information content (AvgIpc) is 2.96. The number of rotatable bonds is 4. The minimum atomic E-state index is -0.115. The van der Waals surface area contributed by atoms with Crippen molar-refractivity contribution in [3.63, 3.8) is 0 Å². The molecule has 2 rings (SSSR count). The molecule has 4 nitrogen and oxygen atoms in total.